The molecule has 0 spiro atoms. The Morgan fingerprint density at radius 3 is 2.58 bits per heavy atom. The van der Waals surface area contributed by atoms with Crippen LogP contribution >= 0.6 is 15.9 Å². The zero-order valence-electron chi connectivity index (χ0n) is 7.00. The van der Waals surface area contributed by atoms with E-state index in [1.165, 1.54) is 0 Å². The predicted molar refractivity (Wildman–Crippen MR) is 52.4 cm³/mol. The number of rotatable bonds is 0. The number of halogens is 1. The van der Waals surface area contributed by atoms with E-state index in [4.69, 9.17) is 11.0 Å². The zero-order valence-corrected chi connectivity index (χ0v) is 8.59. The second kappa shape index (κ2) is 5.56. The molecule has 0 amide bonds. The van der Waals surface area contributed by atoms with Gasteiger partial charge in [-0.25, -0.2) is 4.98 Å². The Morgan fingerprint density at radius 2 is 2.17 bits per heavy atom. The summed E-state index contributed by atoms with van der Waals surface area (Å²) < 4.78 is 0.762. The van der Waals surface area contributed by atoms with Crippen molar-refractivity contribution in [2.75, 3.05) is 5.73 Å². The first kappa shape index (κ1) is 10.9. The number of aromatic nitrogens is 1. The summed E-state index contributed by atoms with van der Waals surface area (Å²) in [5, 5.41) is 8.45. The van der Waals surface area contributed by atoms with Crippen LogP contribution in [0.5, 0.6) is 0 Å². The molecule has 3 nitrogen and oxygen atoms in total. The molecule has 1 heterocycles. The molecule has 0 unspecified atom stereocenters. The van der Waals surface area contributed by atoms with Gasteiger partial charge in [-0.15, -0.1) is 0 Å². The van der Waals surface area contributed by atoms with Crippen molar-refractivity contribution < 1.29 is 0 Å². The molecule has 0 saturated heterocycles. The molecule has 0 atom stereocenters. The van der Waals surface area contributed by atoms with Crippen LogP contribution in [0.2, 0.25) is 0 Å². The van der Waals surface area contributed by atoms with Crippen molar-refractivity contribution in [3.63, 3.8) is 0 Å². The maximum Gasteiger partial charge on any atom is 0.141 e. The van der Waals surface area contributed by atoms with Crippen molar-refractivity contribution in [2.24, 2.45) is 0 Å². The summed E-state index contributed by atoms with van der Waals surface area (Å²) in [6.07, 6.45) is 1.55. The van der Waals surface area contributed by atoms with Crippen LogP contribution in [-0.2, 0) is 0 Å². The summed E-state index contributed by atoms with van der Waals surface area (Å²) in [5.74, 6) is 0.269. The molecule has 1 aromatic rings. The normalized spacial score (nSPS) is 7.83. The van der Waals surface area contributed by atoms with Crippen molar-refractivity contribution >= 4 is 21.7 Å². The van der Waals surface area contributed by atoms with Gasteiger partial charge in [0.05, 0.1) is 5.56 Å². The summed E-state index contributed by atoms with van der Waals surface area (Å²) >= 11 is 3.17. The first-order valence-electron chi connectivity index (χ1n) is 3.55. The summed E-state index contributed by atoms with van der Waals surface area (Å²) in [6, 6.07) is 3.55. The van der Waals surface area contributed by atoms with Gasteiger partial charge in [-0.05, 0) is 22.0 Å². The second-order valence-corrected chi connectivity index (χ2v) is 2.61. The fourth-order valence-corrected chi connectivity index (χ4v) is 0.871. The van der Waals surface area contributed by atoms with Gasteiger partial charge < -0.3 is 5.73 Å². The monoisotopic (exact) mass is 227 g/mol. The van der Waals surface area contributed by atoms with Crippen molar-refractivity contribution in [2.45, 2.75) is 13.8 Å². The Kier molecular flexibility index (Phi) is 5.06. The van der Waals surface area contributed by atoms with Gasteiger partial charge in [0, 0.05) is 10.7 Å². The van der Waals surface area contributed by atoms with Gasteiger partial charge in [0.15, 0.2) is 0 Å². The molecule has 0 bridgehead atoms. The Bertz CT molecular complexity index is 291. The van der Waals surface area contributed by atoms with E-state index < -0.39 is 0 Å². The number of nitrogens with two attached hydrogens (primary N) is 1. The van der Waals surface area contributed by atoms with Gasteiger partial charge >= 0.3 is 0 Å². The number of nitriles is 1. The third-order valence-corrected chi connectivity index (χ3v) is 1.44. The molecule has 12 heavy (non-hydrogen) atoms. The third kappa shape index (κ3) is 2.89. The number of nitrogens with zero attached hydrogens (tertiary/aromatic N) is 2. The van der Waals surface area contributed by atoms with Gasteiger partial charge in [0.2, 0.25) is 0 Å². The van der Waals surface area contributed by atoms with Crippen LogP contribution in [0.15, 0.2) is 16.7 Å². The molecule has 0 aliphatic rings. The predicted octanol–water partition coefficient (Wildman–Crippen LogP) is 2.32. The van der Waals surface area contributed by atoms with Crippen LogP contribution in [0.3, 0.4) is 0 Å². The van der Waals surface area contributed by atoms with E-state index in [1.54, 1.807) is 12.3 Å². The lowest BCUT2D eigenvalue weighted by molar-refractivity contribution is 1.29. The van der Waals surface area contributed by atoms with E-state index in [1.807, 2.05) is 19.9 Å². The second-order valence-electron chi connectivity index (χ2n) is 1.70. The molecule has 1 rings (SSSR count). The van der Waals surface area contributed by atoms with Crippen molar-refractivity contribution in [3.05, 3.63) is 22.3 Å². The summed E-state index contributed by atoms with van der Waals surface area (Å²) in [7, 11) is 0. The fourth-order valence-electron chi connectivity index (χ4n) is 0.539. The van der Waals surface area contributed by atoms with Crippen molar-refractivity contribution in [1.29, 1.82) is 5.26 Å². The zero-order chi connectivity index (χ0) is 9.56. The molecule has 64 valence electrons. The Morgan fingerprint density at radius 1 is 1.58 bits per heavy atom. The molecule has 1 aromatic heterocycles. The molecule has 2 N–H and O–H groups in total. The van der Waals surface area contributed by atoms with E-state index in [0.29, 0.717) is 5.56 Å². The number of hydrogen-bond donors (Lipinski definition) is 1. The van der Waals surface area contributed by atoms with Crippen molar-refractivity contribution in [1.82, 2.24) is 4.98 Å². The van der Waals surface area contributed by atoms with Crippen LogP contribution in [0.4, 0.5) is 5.82 Å². The topological polar surface area (TPSA) is 62.7 Å². The fraction of sp³-hybridized carbons (Fsp3) is 0.250. The lowest BCUT2D eigenvalue weighted by Crippen LogP contribution is -1.93. The highest BCUT2D eigenvalue weighted by atomic mass is 79.9. The largest absolute Gasteiger partial charge is 0.383 e. The maximum atomic E-state index is 8.45. The molecule has 0 radical (unpaired) electrons. The molecular weight excluding hydrogens is 218 g/mol. The Balaban J connectivity index is 0.000000561. The minimum Gasteiger partial charge on any atom is -0.383 e. The van der Waals surface area contributed by atoms with E-state index in [2.05, 4.69) is 20.9 Å². The molecule has 0 aliphatic heterocycles. The van der Waals surface area contributed by atoms with Crippen LogP contribution in [-0.4, -0.2) is 4.98 Å². The molecule has 0 aliphatic carbocycles. The van der Waals surface area contributed by atoms with Gasteiger partial charge in [-0.1, -0.05) is 13.8 Å². The van der Waals surface area contributed by atoms with Crippen LogP contribution in [0.25, 0.3) is 0 Å². The molecule has 4 heteroatoms. The molecule has 0 aromatic carbocycles. The van der Waals surface area contributed by atoms with Gasteiger partial charge in [0.25, 0.3) is 0 Å². The number of nitrogen functional groups attached to an aromatic ring is 1. The highest BCUT2D eigenvalue weighted by Gasteiger charge is 1.97. The number of hydrogen-bond acceptors (Lipinski definition) is 3. The lowest BCUT2D eigenvalue weighted by atomic mass is 10.3. The quantitative estimate of drug-likeness (QED) is 0.741. The molecule has 0 fully saturated rings. The Labute approximate surface area is 80.4 Å². The number of pyridine rings is 1. The van der Waals surface area contributed by atoms with Crippen LogP contribution in [0.1, 0.15) is 19.4 Å². The van der Waals surface area contributed by atoms with Gasteiger partial charge in [-0.2, -0.15) is 5.26 Å². The van der Waals surface area contributed by atoms with E-state index in [0.717, 1.165) is 4.47 Å². The average Bonchev–Trinajstić information content (AvgIpc) is 2.13. The van der Waals surface area contributed by atoms with E-state index in [-0.39, 0.29) is 5.82 Å². The van der Waals surface area contributed by atoms with Crippen LogP contribution in [0, 0.1) is 11.3 Å². The van der Waals surface area contributed by atoms with Gasteiger partial charge in [-0.3, -0.25) is 0 Å². The van der Waals surface area contributed by atoms with Crippen LogP contribution < -0.4 is 5.73 Å². The minimum absolute atomic E-state index is 0.269. The highest BCUT2D eigenvalue weighted by Crippen LogP contribution is 2.13. The SMILES string of the molecule is CC.N#Cc1cc(Br)cnc1N. The van der Waals surface area contributed by atoms with E-state index >= 15 is 0 Å². The maximum absolute atomic E-state index is 8.45. The number of anilines is 1. The standard InChI is InChI=1S/C6H4BrN3.C2H6/c7-5-1-4(2-8)6(9)10-3-5;1-2/h1,3H,(H2,9,10);1-2H3. The average molecular weight is 228 g/mol. The van der Waals surface area contributed by atoms with Crippen molar-refractivity contribution in [3.8, 4) is 6.07 Å². The molecular formula is C8H10BrN3. The minimum atomic E-state index is 0.269. The first-order chi connectivity index (χ1) is 5.74. The molecule has 0 saturated carbocycles. The first-order valence-corrected chi connectivity index (χ1v) is 4.34. The highest BCUT2D eigenvalue weighted by molar-refractivity contribution is 9.10. The summed E-state index contributed by atoms with van der Waals surface area (Å²) in [6.45, 7) is 4.00. The van der Waals surface area contributed by atoms with E-state index in [9.17, 15) is 0 Å². The third-order valence-electron chi connectivity index (χ3n) is 1.01. The summed E-state index contributed by atoms with van der Waals surface area (Å²) in [4.78, 5) is 3.76. The Hall–Kier alpha value is -1.08. The van der Waals surface area contributed by atoms with Gasteiger partial charge in [0.1, 0.15) is 11.9 Å². The smallest absolute Gasteiger partial charge is 0.141 e. The summed E-state index contributed by atoms with van der Waals surface area (Å²) in [5.41, 5.74) is 5.74. The lowest BCUT2D eigenvalue weighted by Gasteiger charge is -1.93.